The van der Waals surface area contributed by atoms with Gasteiger partial charge in [0.25, 0.3) is 5.79 Å². The van der Waals surface area contributed by atoms with Crippen molar-refractivity contribution >= 4 is 17.7 Å². The fraction of sp³-hybridized carbons (Fsp3) is 0.375. The monoisotopic (exact) mass is 301 g/mol. The summed E-state index contributed by atoms with van der Waals surface area (Å²) in [5.74, 6) is -5.24. The Morgan fingerprint density at radius 2 is 1.82 bits per heavy atom. The van der Waals surface area contributed by atoms with E-state index in [4.69, 9.17) is 14.7 Å². The van der Waals surface area contributed by atoms with E-state index in [9.17, 15) is 14.4 Å². The van der Waals surface area contributed by atoms with Crippen molar-refractivity contribution in [3.63, 3.8) is 0 Å². The average molecular weight is 301 g/mol. The van der Waals surface area contributed by atoms with Crippen molar-refractivity contribution in [2.24, 2.45) is 5.92 Å². The minimum absolute atomic E-state index is 0.0476. The number of rotatable bonds is 4. The zero-order valence-corrected chi connectivity index (χ0v) is 12.3. The number of cyclic esters (lactones) is 2. The zero-order valence-electron chi connectivity index (χ0n) is 12.3. The number of ether oxygens (including phenoxy) is 2. The summed E-state index contributed by atoms with van der Waals surface area (Å²) < 4.78 is 9.84. The van der Waals surface area contributed by atoms with Gasteiger partial charge in [-0.25, -0.2) is 0 Å². The number of aryl methyl sites for hydroxylation is 1. The lowest BCUT2D eigenvalue weighted by atomic mass is 9.95. The molecule has 2 rings (SSSR count). The van der Waals surface area contributed by atoms with E-state index < -0.39 is 29.4 Å². The minimum atomic E-state index is -1.54. The Hall–Kier alpha value is -2.68. The van der Waals surface area contributed by atoms with Crippen molar-refractivity contribution in [3.8, 4) is 6.07 Å². The van der Waals surface area contributed by atoms with Gasteiger partial charge in [-0.1, -0.05) is 18.2 Å². The first-order valence-corrected chi connectivity index (χ1v) is 6.80. The van der Waals surface area contributed by atoms with Gasteiger partial charge in [0.15, 0.2) is 5.78 Å². The van der Waals surface area contributed by atoms with Gasteiger partial charge in [-0.05, 0) is 18.1 Å². The summed E-state index contributed by atoms with van der Waals surface area (Å²) >= 11 is 0. The molecule has 0 bridgehead atoms. The molecule has 1 aliphatic rings. The maximum atomic E-state index is 12.1. The number of hydrogen-bond donors (Lipinski definition) is 0. The molecule has 6 nitrogen and oxygen atoms in total. The van der Waals surface area contributed by atoms with Crippen LogP contribution in [0.3, 0.4) is 0 Å². The molecule has 1 heterocycles. The first-order valence-electron chi connectivity index (χ1n) is 6.80. The molecular formula is C16H15NO5. The third-order valence-electron chi connectivity index (χ3n) is 3.26. The Morgan fingerprint density at radius 1 is 1.23 bits per heavy atom. The summed E-state index contributed by atoms with van der Waals surface area (Å²) in [7, 11) is 0. The maximum Gasteiger partial charge on any atom is 0.331 e. The number of Topliss-reactive ketones (excluding diaryl/α,β-unsaturated/α-hetero) is 1. The van der Waals surface area contributed by atoms with Gasteiger partial charge >= 0.3 is 11.9 Å². The van der Waals surface area contributed by atoms with Crippen LogP contribution in [0.5, 0.6) is 0 Å². The number of carbonyl (C=O) groups excluding carboxylic acids is 3. The number of ketones is 1. The number of nitrogens with zero attached hydrogens (tertiary/aromatic N) is 1. The van der Waals surface area contributed by atoms with Crippen molar-refractivity contribution in [2.45, 2.75) is 32.5 Å². The maximum absolute atomic E-state index is 12.1. The van der Waals surface area contributed by atoms with Crippen molar-refractivity contribution < 1.29 is 23.9 Å². The highest BCUT2D eigenvalue weighted by Gasteiger charge is 2.46. The molecule has 1 saturated heterocycles. The number of hydrogen-bond acceptors (Lipinski definition) is 6. The molecule has 1 aromatic rings. The molecule has 1 aliphatic heterocycles. The Balaban J connectivity index is 2.05. The van der Waals surface area contributed by atoms with Crippen LogP contribution in [-0.4, -0.2) is 23.5 Å². The summed E-state index contributed by atoms with van der Waals surface area (Å²) in [5, 5.41) is 8.99. The fourth-order valence-electron chi connectivity index (χ4n) is 2.23. The van der Waals surface area contributed by atoms with Crippen LogP contribution in [0.2, 0.25) is 0 Å². The van der Waals surface area contributed by atoms with E-state index in [-0.39, 0.29) is 12.8 Å². The van der Waals surface area contributed by atoms with Crippen molar-refractivity contribution in [2.75, 3.05) is 0 Å². The molecule has 1 aromatic carbocycles. The quantitative estimate of drug-likeness (QED) is 0.618. The van der Waals surface area contributed by atoms with Crippen LogP contribution in [-0.2, 0) is 30.3 Å². The normalized spacial score (nSPS) is 17.3. The average Bonchev–Trinajstić information content (AvgIpc) is 2.43. The number of nitriles is 1. The molecule has 0 unspecified atom stereocenters. The standard InChI is InChI=1S/C16H15NO5/c1-16(2)21-14(19)13(15(20)22-16)12(18)8-7-10-5-3-4-6-11(10)9-17/h3-6,13H,7-8H2,1-2H3. The van der Waals surface area contributed by atoms with Gasteiger partial charge in [0.1, 0.15) is 0 Å². The van der Waals surface area contributed by atoms with E-state index in [1.807, 2.05) is 6.07 Å². The molecule has 0 aromatic heterocycles. The molecule has 0 amide bonds. The molecule has 6 heteroatoms. The van der Waals surface area contributed by atoms with Gasteiger partial charge in [-0.3, -0.25) is 14.4 Å². The second-order valence-electron chi connectivity index (χ2n) is 5.41. The second kappa shape index (κ2) is 5.98. The van der Waals surface area contributed by atoms with Crippen molar-refractivity contribution in [1.29, 1.82) is 5.26 Å². The Morgan fingerprint density at radius 3 is 2.41 bits per heavy atom. The SMILES string of the molecule is CC1(C)OC(=O)C(C(=O)CCc2ccccc2C#N)C(=O)O1. The van der Waals surface area contributed by atoms with Crippen LogP contribution in [0, 0.1) is 17.2 Å². The van der Waals surface area contributed by atoms with Crippen LogP contribution in [0.25, 0.3) is 0 Å². The molecule has 114 valence electrons. The van der Waals surface area contributed by atoms with Gasteiger partial charge in [0, 0.05) is 20.3 Å². The van der Waals surface area contributed by atoms with E-state index in [0.717, 1.165) is 0 Å². The van der Waals surface area contributed by atoms with Crippen molar-refractivity contribution in [3.05, 3.63) is 35.4 Å². The predicted molar refractivity (Wildman–Crippen MR) is 74.2 cm³/mol. The van der Waals surface area contributed by atoms with E-state index in [1.54, 1.807) is 24.3 Å². The van der Waals surface area contributed by atoms with Crippen LogP contribution in [0.15, 0.2) is 24.3 Å². The predicted octanol–water partition coefficient (Wildman–Crippen LogP) is 1.51. The summed E-state index contributed by atoms with van der Waals surface area (Å²) in [6, 6.07) is 8.89. The molecule has 0 spiro atoms. The molecule has 0 atom stereocenters. The van der Waals surface area contributed by atoms with Gasteiger partial charge < -0.3 is 9.47 Å². The number of carbonyl (C=O) groups is 3. The highest BCUT2D eigenvalue weighted by molar-refractivity contribution is 6.15. The van der Waals surface area contributed by atoms with Crippen LogP contribution in [0.1, 0.15) is 31.4 Å². The molecule has 22 heavy (non-hydrogen) atoms. The Kier molecular flexibility index (Phi) is 4.27. The van der Waals surface area contributed by atoms with Crippen molar-refractivity contribution in [1.82, 2.24) is 0 Å². The molecule has 0 aliphatic carbocycles. The van der Waals surface area contributed by atoms with Gasteiger partial charge in [0.2, 0.25) is 5.92 Å². The lowest BCUT2D eigenvalue weighted by Gasteiger charge is -2.32. The zero-order chi connectivity index (χ0) is 16.3. The summed E-state index contributed by atoms with van der Waals surface area (Å²) in [4.78, 5) is 35.7. The molecule has 0 saturated carbocycles. The van der Waals surface area contributed by atoms with Gasteiger partial charge in [-0.15, -0.1) is 0 Å². The van der Waals surface area contributed by atoms with E-state index in [1.165, 1.54) is 13.8 Å². The van der Waals surface area contributed by atoms with E-state index in [0.29, 0.717) is 11.1 Å². The van der Waals surface area contributed by atoms with E-state index in [2.05, 4.69) is 0 Å². The van der Waals surface area contributed by atoms with Crippen LogP contribution >= 0.6 is 0 Å². The Labute approximate surface area is 127 Å². The smallest absolute Gasteiger partial charge is 0.331 e. The van der Waals surface area contributed by atoms with Crippen LogP contribution < -0.4 is 0 Å². The molecule has 0 N–H and O–H groups in total. The van der Waals surface area contributed by atoms with Crippen LogP contribution in [0.4, 0.5) is 0 Å². The minimum Gasteiger partial charge on any atom is -0.422 e. The van der Waals surface area contributed by atoms with Gasteiger partial charge in [0.05, 0.1) is 11.6 Å². The molecule has 0 radical (unpaired) electrons. The molecule has 1 fully saturated rings. The number of esters is 2. The first kappa shape index (κ1) is 15.7. The Bertz CT molecular complexity index is 651. The first-order chi connectivity index (χ1) is 10.3. The van der Waals surface area contributed by atoms with Gasteiger partial charge in [-0.2, -0.15) is 5.26 Å². The lowest BCUT2D eigenvalue weighted by Crippen LogP contribution is -2.49. The third-order valence-corrected chi connectivity index (χ3v) is 3.26. The largest absolute Gasteiger partial charge is 0.422 e. The molecular weight excluding hydrogens is 286 g/mol. The topological polar surface area (TPSA) is 93.5 Å². The lowest BCUT2D eigenvalue weighted by molar-refractivity contribution is -0.238. The second-order valence-corrected chi connectivity index (χ2v) is 5.41. The summed E-state index contributed by atoms with van der Waals surface area (Å²) in [6.45, 7) is 2.85. The summed E-state index contributed by atoms with van der Waals surface area (Å²) in [5.41, 5.74) is 1.15. The fourth-order valence-corrected chi connectivity index (χ4v) is 2.23. The number of benzene rings is 1. The highest BCUT2D eigenvalue weighted by atomic mass is 16.7. The third kappa shape index (κ3) is 3.31. The highest BCUT2D eigenvalue weighted by Crippen LogP contribution is 2.24. The van der Waals surface area contributed by atoms with E-state index >= 15 is 0 Å². The summed E-state index contributed by atoms with van der Waals surface area (Å²) in [6.07, 6.45) is 0.219.